The molecular weight excluding hydrogens is 252 g/mol. The van der Waals surface area contributed by atoms with Crippen LogP contribution in [0.15, 0.2) is 11.4 Å². The molecule has 1 rings (SSSR count). The summed E-state index contributed by atoms with van der Waals surface area (Å²) in [7, 11) is 0. The van der Waals surface area contributed by atoms with Crippen LogP contribution >= 0.6 is 11.3 Å². The van der Waals surface area contributed by atoms with Gasteiger partial charge in [0.15, 0.2) is 0 Å². The van der Waals surface area contributed by atoms with E-state index in [-0.39, 0.29) is 0 Å². The van der Waals surface area contributed by atoms with Gasteiger partial charge >= 0.3 is 0 Å². The molecular formula is C16H30N2S. The first kappa shape index (κ1) is 16.7. The first-order valence-electron chi connectivity index (χ1n) is 7.67. The van der Waals surface area contributed by atoms with E-state index in [0.717, 1.165) is 32.1 Å². The molecule has 0 aliphatic rings. The summed E-state index contributed by atoms with van der Waals surface area (Å²) in [6.07, 6.45) is 2.60. The van der Waals surface area contributed by atoms with Crippen molar-refractivity contribution in [2.45, 2.75) is 47.1 Å². The Morgan fingerprint density at radius 1 is 1.26 bits per heavy atom. The van der Waals surface area contributed by atoms with Crippen LogP contribution in [0, 0.1) is 12.8 Å². The lowest BCUT2D eigenvalue weighted by Crippen LogP contribution is -2.35. The summed E-state index contributed by atoms with van der Waals surface area (Å²) in [5.41, 5.74) is 1.42. The number of likely N-dealkylation sites (N-methyl/N-ethyl adjacent to an activating group) is 1. The van der Waals surface area contributed by atoms with Crippen LogP contribution in [0.4, 0.5) is 0 Å². The Morgan fingerprint density at radius 2 is 2.00 bits per heavy atom. The smallest absolute Gasteiger partial charge is 0.0302 e. The molecule has 2 nitrogen and oxygen atoms in total. The molecule has 0 amide bonds. The van der Waals surface area contributed by atoms with Gasteiger partial charge in [0.25, 0.3) is 0 Å². The summed E-state index contributed by atoms with van der Waals surface area (Å²) in [5.74, 6) is 0.861. The van der Waals surface area contributed by atoms with E-state index >= 15 is 0 Å². The van der Waals surface area contributed by atoms with E-state index in [1.54, 1.807) is 0 Å². The number of nitrogens with one attached hydrogen (secondary N) is 1. The van der Waals surface area contributed by atoms with E-state index in [1.807, 2.05) is 11.3 Å². The van der Waals surface area contributed by atoms with Crippen molar-refractivity contribution in [2.24, 2.45) is 5.92 Å². The third kappa shape index (κ3) is 6.07. The zero-order valence-electron chi connectivity index (χ0n) is 13.0. The van der Waals surface area contributed by atoms with Crippen molar-refractivity contribution in [1.82, 2.24) is 10.2 Å². The van der Waals surface area contributed by atoms with Gasteiger partial charge < -0.3 is 10.2 Å². The van der Waals surface area contributed by atoms with Crippen molar-refractivity contribution in [2.75, 3.05) is 26.2 Å². The van der Waals surface area contributed by atoms with E-state index in [4.69, 9.17) is 0 Å². The third-order valence-electron chi connectivity index (χ3n) is 3.98. The highest BCUT2D eigenvalue weighted by molar-refractivity contribution is 7.10. The van der Waals surface area contributed by atoms with Gasteiger partial charge in [0.2, 0.25) is 0 Å². The van der Waals surface area contributed by atoms with Crippen LogP contribution in [0.5, 0.6) is 0 Å². The molecule has 110 valence electrons. The Balaban J connectivity index is 2.20. The third-order valence-corrected chi connectivity index (χ3v) is 5.00. The summed E-state index contributed by atoms with van der Waals surface area (Å²) in [5, 5.41) is 5.75. The molecule has 1 aromatic rings. The van der Waals surface area contributed by atoms with Crippen LogP contribution in [0.25, 0.3) is 0 Å². The average Bonchev–Trinajstić information content (AvgIpc) is 2.84. The van der Waals surface area contributed by atoms with Gasteiger partial charge in [0.1, 0.15) is 0 Å². The predicted octanol–water partition coefficient (Wildman–Crippen LogP) is 3.90. The van der Waals surface area contributed by atoms with E-state index in [2.05, 4.69) is 49.4 Å². The number of hydrogen-bond donors (Lipinski definition) is 1. The number of aryl methyl sites for hydroxylation is 1. The Morgan fingerprint density at radius 3 is 2.53 bits per heavy atom. The molecule has 0 aromatic carbocycles. The number of thiophene rings is 1. The molecule has 1 N–H and O–H groups in total. The second kappa shape index (κ2) is 9.51. The summed E-state index contributed by atoms with van der Waals surface area (Å²) in [6, 6.07) is 2.20. The minimum Gasteiger partial charge on any atom is -0.311 e. The van der Waals surface area contributed by atoms with Gasteiger partial charge in [-0.05, 0) is 36.4 Å². The molecule has 1 aromatic heterocycles. The van der Waals surface area contributed by atoms with Gasteiger partial charge in [-0.3, -0.25) is 0 Å². The maximum atomic E-state index is 3.57. The normalized spacial score (nSPS) is 11.7. The fourth-order valence-electron chi connectivity index (χ4n) is 2.31. The van der Waals surface area contributed by atoms with Crippen LogP contribution in [0.3, 0.4) is 0 Å². The minimum absolute atomic E-state index is 0.861. The highest BCUT2D eigenvalue weighted by Crippen LogP contribution is 2.14. The Kier molecular flexibility index (Phi) is 8.35. The first-order chi connectivity index (χ1) is 9.21. The highest BCUT2D eigenvalue weighted by atomic mass is 32.1. The molecule has 0 bridgehead atoms. The van der Waals surface area contributed by atoms with E-state index < -0.39 is 0 Å². The topological polar surface area (TPSA) is 15.3 Å². The molecule has 0 spiro atoms. The molecule has 0 unspecified atom stereocenters. The Labute approximate surface area is 123 Å². The summed E-state index contributed by atoms with van der Waals surface area (Å²) < 4.78 is 0. The molecule has 0 fully saturated rings. The van der Waals surface area contributed by atoms with Crippen molar-refractivity contribution in [3.8, 4) is 0 Å². The zero-order valence-corrected chi connectivity index (χ0v) is 13.9. The zero-order chi connectivity index (χ0) is 14.1. The van der Waals surface area contributed by atoms with Gasteiger partial charge in [-0.25, -0.2) is 0 Å². The van der Waals surface area contributed by atoms with E-state index in [9.17, 15) is 0 Å². The molecule has 0 radical (unpaired) electrons. The van der Waals surface area contributed by atoms with Crippen molar-refractivity contribution < 1.29 is 0 Å². The van der Waals surface area contributed by atoms with Crippen molar-refractivity contribution in [1.29, 1.82) is 0 Å². The molecule has 19 heavy (non-hydrogen) atoms. The fourth-order valence-corrected chi connectivity index (χ4v) is 3.19. The predicted molar refractivity (Wildman–Crippen MR) is 86.9 cm³/mol. The molecule has 0 aliphatic heterocycles. The number of rotatable bonds is 10. The fraction of sp³-hybridized carbons (Fsp3) is 0.750. The molecule has 3 heteroatoms. The van der Waals surface area contributed by atoms with Crippen LogP contribution in [-0.2, 0) is 6.54 Å². The Hall–Kier alpha value is -0.380. The van der Waals surface area contributed by atoms with Gasteiger partial charge in [0, 0.05) is 31.1 Å². The molecule has 1 heterocycles. The maximum Gasteiger partial charge on any atom is 0.0302 e. The number of nitrogens with zero attached hydrogens (tertiary/aromatic N) is 1. The maximum absolute atomic E-state index is 3.57. The van der Waals surface area contributed by atoms with Crippen LogP contribution in [-0.4, -0.2) is 31.1 Å². The monoisotopic (exact) mass is 282 g/mol. The van der Waals surface area contributed by atoms with Crippen LogP contribution in [0.2, 0.25) is 0 Å². The van der Waals surface area contributed by atoms with Crippen LogP contribution < -0.4 is 5.32 Å². The summed E-state index contributed by atoms with van der Waals surface area (Å²) >= 11 is 1.86. The lowest BCUT2D eigenvalue weighted by atomic mass is 10.0. The Bertz CT molecular complexity index is 331. The van der Waals surface area contributed by atoms with E-state index in [0.29, 0.717) is 0 Å². The second-order valence-electron chi connectivity index (χ2n) is 5.28. The van der Waals surface area contributed by atoms with Crippen molar-refractivity contribution in [3.05, 3.63) is 21.9 Å². The average molecular weight is 282 g/mol. The summed E-state index contributed by atoms with van der Waals surface area (Å²) in [6.45, 7) is 14.8. The standard InChI is InChI=1S/C16H30N2S/c1-5-15(6-2)13-18(7-3)10-9-17-12-16-14(4)8-11-19-16/h8,11,15,17H,5-7,9-10,12-13H2,1-4H3. The van der Waals surface area contributed by atoms with Gasteiger partial charge in [0.05, 0.1) is 0 Å². The quantitative estimate of drug-likeness (QED) is 0.655. The molecule has 0 atom stereocenters. The molecule has 0 saturated carbocycles. The van der Waals surface area contributed by atoms with Crippen molar-refractivity contribution in [3.63, 3.8) is 0 Å². The van der Waals surface area contributed by atoms with E-state index in [1.165, 1.54) is 29.8 Å². The van der Waals surface area contributed by atoms with Crippen molar-refractivity contribution >= 4 is 11.3 Å². The van der Waals surface area contributed by atoms with Gasteiger partial charge in [-0.2, -0.15) is 0 Å². The number of hydrogen-bond acceptors (Lipinski definition) is 3. The second-order valence-corrected chi connectivity index (χ2v) is 6.28. The molecule has 0 aliphatic carbocycles. The van der Waals surface area contributed by atoms with Gasteiger partial charge in [-0.1, -0.05) is 33.6 Å². The lowest BCUT2D eigenvalue weighted by molar-refractivity contribution is 0.234. The largest absolute Gasteiger partial charge is 0.311 e. The summed E-state index contributed by atoms with van der Waals surface area (Å²) in [4.78, 5) is 4.05. The van der Waals surface area contributed by atoms with Crippen LogP contribution in [0.1, 0.15) is 44.1 Å². The minimum atomic E-state index is 0.861. The molecule has 0 saturated heterocycles. The van der Waals surface area contributed by atoms with Gasteiger partial charge in [-0.15, -0.1) is 11.3 Å². The SMILES string of the molecule is CCC(CC)CN(CC)CCNCc1sccc1C. The first-order valence-corrected chi connectivity index (χ1v) is 8.55. The highest BCUT2D eigenvalue weighted by Gasteiger charge is 2.09. The lowest BCUT2D eigenvalue weighted by Gasteiger charge is -2.25.